The fraction of sp³-hybridized carbons (Fsp3) is 0.154. The second-order valence-electron chi connectivity index (χ2n) is 4.12. The van der Waals surface area contributed by atoms with Crippen molar-refractivity contribution in [2.75, 3.05) is 0 Å². The Morgan fingerprint density at radius 2 is 2.18 bits per heavy atom. The van der Waals surface area contributed by atoms with Gasteiger partial charge in [-0.25, -0.2) is 4.98 Å². The first kappa shape index (κ1) is 10.5. The fourth-order valence-corrected chi connectivity index (χ4v) is 2.84. The van der Waals surface area contributed by atoms with E-state index in [1.54, 1.807) is 11.3 Å². The van der Waals surface area contributed by atoms with Gasteiger partial charge in [0.05, 0.1) is 22.8 Å². The number of benzene rings is 1. The van der Waals surface area contributed by atoms with Gasteiger partial charge < -0.3 is 10.7 Å². The van der Waals surface area contributed by atoms with Crippen molar-refractivity contribution in [3.8, 4) is 10.6 Å². The zero-order valence-corrected chi connectivity index (χ0v) is 10.3. The number of nitrogens with zero attached hydrogens (tertiary/aromatic N) is 1. The minimum Gasteiger partial charge on any atom is -0.340 e. The third-order valence-electron chi connectivity index (χ3n) is 2.72. The largest absolute Gasteiger partial charge is 0.340 e. The summed E-state index contributed by atoms with van der Waals surface area (Å²) >= 11 is 1.76. The minimum atomic E-state index is -0.0573. The van der Waals surface area contributed by atoms with Crippen LogP contribution in [0.3, 0.4) is 0 Å². The highest BCUT2D eigenvalue weighted by molar-refractivity contribution is 7.22. The lowest BCUT2D eigenvalue weighted by molar-refractivity contribution is 0.756. The Balaban J connectivity index is 2.07. The number of imidazole rings is 1. The molecule has 1 unspecified atom stereocenters. The summed E-state index contributed by atoms with van der Waals surface area (Å²) < 4.78 is 1.29. The van der Waals surface area contributed by atoms with Gasteiger partial charge in [0.1, 0.15) is 5.82 Å². The molecule has 0 saturated carbocycles. The Kier molecular flexibility index (Phi) is 2.46. The summed E-state index contributed by atoms with van der Waals surface area (Å²) in [5.74, 6) is 0.831. The van der Waals surface area contributed by atoms with Gasteiger partial charge in [0, 0.05) is 4.70 Å². The van der Waals surface area contributed by atoms with Crippen LogP contribution in [0.2, 0.25) is 0 Å². The summed E-state index contributed by atoms with van der Waals surface area (Å²) in [6.45, 7) is 1.92. The summed E-state index contributed by atoms with van der Waals surface area (Å²) in [6.07, 6.45) is 1.85. The van der Waals surface area contributed by atoms with E-state index in [0.29, 0.717) is 0 Å². The van der Waals surface area contributed by atoms with E-state index in [4.69, 9.17) is 5.73 Å². The summed E-state index contributed by atoms with van der Waals surface area (Å²) in [6, 6.07) is 10.5. The fourth-order valence-electron chi connectivity index (χ4n) is 1.81. The molecule has 0 fully saturated rings. The van der Waals surface area contributed by atoms with Crippen LogP contribution in [0.1, 0.15) is 18.8 Å². The summed E-state index contributed by atoms with van der Waals surface area (Å²) in [7, 11) is 0. The number of nitrogens with two attached hydrogens (primary N) is 1. The molecule has 3 rings (SSSR count). The van der Waals surface area contributed by atoms with E-state index >= 15 is 0 Å². The zero-order valence-electron chi connectivity index (χ0n) is 9.47. The molecular weight excluding hydrogens is 230 g/mol. The number of thiophene rings is 1. The first-order valence-electron chi connectivity index (χ1n) is 5.53. The van der Waals surface area contributed by atoms with E-state index in [1.807, 2.05) is 13.1 Å². The predicted molar refractivity (Wildman–Crippen MR) is 72.0 cm³/mol. The molecule has 0 aliphatic rings. The van der Waals surface area contributed by atoms with Crippen LogP contribution in [0.15, 0.2) is 36.5 Å². The molecule has 0 bridgehead atoms. The molecule has 0 saturated heterocycles. The van der Waals surface area contributed by atoms with E-state index in [2.05, 4.69) is 40.3 Å². The molecule has 3 N–H and O–H groups in total. The average molecular weight is 243 g/mol. The number of nitrogens with one attached hydrogen (secondary N) is 1. The van der Waals surface area contributed by atoms with E-state index in [1.165, 1.54) is 15.0 Å². The average Bonchev–Trinajstić information content (AvgIpc) is 2.95. The summed E-state index contributed by atoms with van der Waals surface area (Å²) in [5, 5.41) is 1.27. The van der Waals surface area contributed by atoms with Gasteiger partial charge in [-0.05, 0) is 24.4 Å². The number of aromatic nitrogens is 2. The minimum absolute atomic E-state index is 0.0573. The highest BCUT2D eigenvalue weighted by Crippen LogP contribution is 2.32. The van der Waals surface area contributed by atoms with E-state index in [9.17, 15) is 0 Å². The van der Waals surface area contributed by atoms with Crippen molar-refractivity contribution in [3.63, 3.8) is 0 Å². The van der Waals surface area contributed by atoms with Gasteiger partial charge in [0.15, 0.2) is 0 Å². The van der Waals surface area contributed by atoms with Gasteiger partial charge in [-0.1, -0.05) is 18.2 Å². The Bertz CT molecular complexity index is 618. The molecular formula is C13H13N3S. The van der Waals surface area contributed by atoms with Gasteiger partial charge in [0.2, 0.25) is 0 Å². The zero-order chi connectivity index (χ0) is 11.8. The maximum Gasteiger partial charge on any atom is 0.123 e. The summed E-state index contributed by atoms with van der Waals surface area (Å²) in [5.41, 5.74) is 6.83. The molecule has 2 heterocycles. The molecule has 0 radical (unpaired) electrons. The molecule has 0 spiro atoms. The quantitative estimate of drug-likeness (QED) is 0.725. The number of aromatic amines is 1. The van der Waals surface area contributed by atoms with Gasteiger partial charge >= 0.3 is 0 Å². The van der Waals surface area contributed by atoms with Crippen LogP contribution in [-0.4, -0.2) is 9.97 Å². The van der Waals surface area contributed by atoms with Crippen molar-refractivity contribution in [1.82, 2.24) is 9.97 Å². The van der Waals surface area contributed by atoms with Gasteiger partial charge in [-0.2, -0.15) is 0 Å². The number of hydrogen-bond donors (Lipinski definition) is 2. The normalized spacial score (nSPS) is 13.1. The molecule has 1 atom stereocenters. The first-order valence-corrected chi connectivity index (χ1v) is 6.35. The van der Waals surface area contributed by atoms with Gasteiger partial charge in [-0.3, -0.25) is 0 Å². The second kappa shape index (κ2) is 3.98. The van der Waals surface area contributed by atoms with E-state index < -0.39 is 0 Å². The standard InChI is InChI=1S/C13H13N3S/c1-8(14)13-15-7-10(16-13)12-6-9-4-2-3-5-11(9)17-12/h2-8H,14H2,1H3,(H,15,16). The molecule has 3 nitrogen and oxygen atoms in total. The van der Waals surface area contributed by atoms with Crippen molar-refractivity contribution in [2.24, 2.45) is 5.73 Å². The number of fused-ring (bicyclic) bond motifs is 1. The summed E-state index contributed by atoms with van der Waals surface area (Å²) in [4.78, 5) is 8.75. The monoisotopic (exact) mass is 243 g/mol. The Labute approximate surface area is 103 Å². The molecule has 4 heteroatoms. The predicted octanol–water partition coefficient (Wildman–Crippen LogP) is 3.31. The topological polar surface area (TPSA) is 54.7 Å². The molecule has 0 aliphatic carbocycles. The Hall–Kier alpha value is -1.65. The maximum absolute atomic E-state index is 5.79. The van der Waals surface area contributed by atoms with Crippen molar-refractivity contribution in [1.29, 1.82) is 0 Å². The lowest BCUT2D eigenvalue weighted by Crippen LogP contribution is -2.06. The number of hydrogen-bond acceptors (Lipinski definition) is 3. The maximum atomic E-state index is 5.79. The molecule has 17 heavy (non-hydrogen) atoms. The third kappa shape index (κ3) is 1.85. The van der Waals surface area contributed by atoms with Crippen molar-refractivity contribution >= 4 is 21.4 Å². The van der Waals surface area contributed by atoms with E-state index in [0.717, 1.165) is 11.5 Å². The smallest absolute Gasteiger partial charge is 0.123 e. The van der Waals surface area contributed by atoms with Crippen LogP contribution >= 0.6 is 11.3 Å². The lowest BCUT2D eigenvalue weighted by atomic mass is 10.2. The molecule has 0 amide bonds. The van der Waals surface area contributed by atoms with Crippen LogP contribution in [0.25, 0.3) is 20.7 Å². The first-order chi connectivity index (χ1) is 8.24. The van der Waals surface area contributed by atoms with Crippen LogP contribution < -0.4 is 5.73 Å². The van der Waals surface area contributed by atoms with Crippen molar-refractivity contribution in [2.45, 2.75) is 13.0 Å². The highest BCUT2D eigenvalue weighted by atomic mass is 32.1. The van der Waals surface area contributed by atoms with Crippen molar-refractivity contribution < 1.29 is 0 Å². The molecule has 3 aromatic rings. The third-order valence-corrected chi connectivity index (χ3v) is 3.87. The second-order valence-corrected chi connectivity index (χ2v) is 5.20. The van der Waals surface area contributed by atoms with Crippen molar-refractivity contribution in [3.05, 3.63) is 42.4 Å². The molecule has 1 aromatic carbocycles. The van der Waals surface area contributed by atoms with Gasteiger partial charge in [0.25, 0.3) is 0 Å². The van der Waals surface area contributed by atoms with Crippen LogP contribution in [-0.2, 0) is 0 Å². The van der Waals surface area contributed by atoms with Crippen LogP contribution in [0, 0.1) is 0 Å². The SMILES string of the molecule is CC(N)c1ncc(-c2cc3ccccc3s2)[nH]1. The Morgan fingerprint density at radius 1 is 1.35 bits per heavy atom. The van der Waals surface area contributed by atoms with Crippen LogP contribution in [0.4, 0.5) is 0 Å². The lowest BCUT2D eigenvalue weighted by Gasteiger charge is -1.97. The molecule has 0 aliphatic heterocycles. The molecule has 2 aromatic heterocycles. The van der Waals surface area contributed by atoms with Gasteiger partial charge in [-0.15, -0.1) is 11.3 Å². The highest BCUT2D eigenvalue weighted by Gasteiger charge is 2.09. The van der Waals surface area contributed by atoms with Crippen LogP contribution in [0.5, 0.6) is 0 Å². The number of rotatable bonds is 2. The number of H-pyrrole nitrogens is 1. The van der Waals surface area contributed by atoms with E-state index in [-0.39, 0.29) is 6.04 Å². The molecule has 86 valence electrons. The Morgan fingerprint density at radius 3 is 2.88 bits per heavy atom.